The van der Waals surface area contributed by atoms with E-state index in [0.29, 0.717) is 24.3 Å². The van der Waals surface area contributed by atoms with Gasteiger partial charge in [-0.25, -0.2) is 0 Å². The van der Waals surface area contributed by atoms with Crippen molar-refractivity contribution < 1.29 is 9.26 Å². The lowest BCUT2D eigenvalue weighted by Gasteiger charge is -2.11. The SMILES string of the molecule is CC(C)NC(N)=NC[C@H]1CC[C@@H](c2nc(C3CC3)no2)O1.I. The molecule has 0 radical (unpaired) electrons. The van der Waals surface area contributed by atoms with Crippen LogP contribution >= 0.6 is 24.0 Å². The standard InChI is InChI=1S/C14H23N5O2.HI/c1-8(2)17-14(15)16-7-10-5-6-11(20-10)13-18-12(19-21-13)9-3-4-9;/h8-11H,3-7H2,1-2H3,(H3,15,16,17);1H/t10-,11+;/m1./s1. The fourth-order valence-corrected chi connectivity index (χ4v) is 2.45. The molecule has 22 heavy (non-hydrogen) atoms. The van der Waals surface area contributed by atoms with Crippen LogP contribution in [0, 0.1) is 0 Å². The molecule has 1 aromatic rings. The molecule has 0 spiro atoms. The first-order valence-electron chi connectivity index (χ1n) is 7.67. The lowest BCUT2D eigenvalue weighted by atomic mass is 10.2. The maximum atomic E-state index is 5.93. The summed E-state index contributed by atoms with van der Waals surface area (Å²) in [5.41, 5.74) is 5.78. The molecule has 8 heteroatoms. The molecule has 1 saturated heterocycles. The van der Waals surface area contributed by atoms with Gasteiger partial charge in [-0.05, 0) is 39.5 Å². The molecule has 2 heterocycles. The Labute approximate surface area is 147 Å². The van der Waals surface area contributed by atoms with E-state index in [1.807, 2.05) is 13.8 Å². The molecule has 1 aromatic heterocycles. The molecule has 1 saturated carbocycles. The molecule has 1 aliphatic heterocycles. The Kier molecular flexibility index (Phi) is 6.01. The van der Waals surface area contributed by atoms with Crippen LogP contribution in [0.1, 0.15) is 63.3 Å². The number of hydrogen-bond donors (Lipinski definition) is 2. The number of aliphatic imine (C=N–C) groups is 1. The molecular weight excluding hydrogens is 397 g/mol. The van der Waals surface area contributed by atoms with Crippen molar-refractivity contribution in [2.24, 2.45) is 10.7 Å². The van der Waals surface area contributed by atoms with Gasteiger partial charge in [0.2, 0.25) is 0 Å². The zero-order valence-corrected chi connectivity index (χ0v) is 15.3. The van der Waals surface area contributed by atoms with Crippen molar-refractivity contribution in [3.05, 3.63) is 11.7 Å². The van der Waals surface area contributed by atoms with Gasteiger partial charge < -0.3 is 20.3 Å². The summed E-state index contributed by atoms with van der Waals surface area (Å²) in [6.45, 7) is 4.61. The summed E-state index contributed by atoms with van der Waals surface area (Å²) in [7, 11) is 0. The molecule has 2 fully saturated rings. The van der Waals surface area contributed by atoms with Crippen LogP contribution in [0.3, 0.4) is 0 Å². The Morgan fingerprint density at radius 1 is 1.36 bits per heavy atom. The van der Waals surface area contributed by atoms with Crippen LogP contribution in [-0.4, -0.2) is 34.8 Å². The molecule has 0 aromatic carbocycles. The zero-order valence-electron chi connectivity index (χ0n) is 13.0. The van der Waals surface area contributed by atoms with E-state index in [-0.39, 0.29) is 42.2 Å². The van der Waals surface area contributed by atoms with Crippen LogP contribution in [0.4, 0.5) is 0 Å². The summed E-state index contributed by atoms with van der Waals surface area (Å²) in [6.07, 6.45) is 4.14. The topological polar surface area (TPSA) is 98.6 Å². The highest BCUT2D eigenvalue weighted by atomic mass is 127. The summed E-state index contributed by atoms with van der Waals surface area (Å²) in [5, 5.41) is 7.09. The van der Waals surface area contributed by atoms with Crippen molar-refractivity contribution in [1.29, 1.82) is 0 Å². The minimum Gasteiger partial charge on any atom is -0.370 e. The summed E-state index contributed by atoms with van der Waals surface area (Å²) in [5.74, 6) is 2.41. The van der Waals surface area contributed by atoms with Crippen molar-refractivity contribution in [2.45, 2.75) is 63.7 Å². The Morgan fingerprint density at radius 3 is 2.82 bits per heavy atom. The first-order valence-corrected chi connectivity index (χ1v) is 7.67. The molecule has 2 atom stereocenters. The van der Waals surface area contributed by atoms with Gasteiger partial charge in [0.05, 0.1) is 12.6 Å². The Bertz CT molecular complexity index is 515. The Morgan fingerprint density at radius 2 is 2.14 bits per heavy atom. The van der Waals surface area contributed by atoms with E-state index in [9.17, 15) is 0 Å². The van der Waals surface area contributed by atoms with E-state index in [0.717, 1.165) is 18.7 Å². The lowest BCUT2D eigenvalue weighted by Crippen LogP contribution is -2.37. The van der Waals surface area contributed by atoms with Crippen molar-refractivity contribution in [2.75, 3.05) is 6.54 Å². The number of hydrogen-bond acceptors (Lipinski definition) is 5. The fourth-order valence-electron chi connectivity index (χ4n) is 2.45. The van der Waals surface area contributed by atoms with Crippen LogP contribution in [-0.2, 0) is 4.74 Å². The van der Waals surface area contributed by atoms with E-state index in [1.54, 1.807) is 0 Å². The third kappa shape index (κ3) is 4.55. The van der Waals surface area contributed by atoms with Crippen molar-refractivity contribution in [3.63, 3.8) is 0 Å². The highest BCUT2D eigenvalue weighted by Crippen LogP contribution is 2.39. The third-order valence-corrected chi connectivity index (χ3v) is 3.68. The quantitative estimate of drug-likeness (QED) is 0.429. The molecule has 7 nitrogen and oxygen atoms in total. The summed E-state index contributed by atoms with van der Waals surface area (Å²) in [6, 6.07) is 0.283. The number of ether oxygens (including phenoxy) is 1. The van der Waals surface area contributed by atoms with Crippen molar-refractivity contribution in [1.82, 2.24) is 15.5 Å². The van der Waals surface area contributed by atoms with Gasteiger partial charge in [-0.3, -0.25) is 4.99 Å². The van der Waals surface area contributed by atoms with Crippen LogP contribution in [0.2, 0.25) is 0 Å². The summed E-state index contributed by atoms with van der Waals surface area (Å²) in [4.78, 5) is 8.76. The minimum absolute atomic E-state index is 0. The molecule has 2 aliphatic rings. The van der Waals surface area contributed by atoms with E-state index < -0.39 is 0 Å². The number of nitrogens with two attached hydrogens (primary N) is 1. The first kappa shape index (κ1) is 17.5. The van der Waals surface area contributed by atoms with Crippen molar-refractivity contribution in [3.8, 4) is 0 Å². The van der Waals surface area contributed by atoms with E-state index >= 15 is 0 Å². The van der Waals surface area contributed by atoms with Gasteiger partial charge in [-0.1, -0.05) is 5.16 Å². The lowest BCUT2D eigenvalue weighted by molar-refractivity contribution is 0.0309. The number of guanidine groups is 1. The second-order valence-electron chi connectivity index (χ2n) is 6.11. The maximum absolute atomic E-state index is 5.93. The number of nitrogens with one attached hydrogen (secondary N) is 1. The molecule has 0 bridgehead atoms. The maximum Gasteiger partial charge on any atom is 0.255 e. The average Bonchev–Trinajstić information content (AvgIpc) is 2.99. The number of nitrogens with zero attached hydrogens (tertiary/aromatic N) is 3. The third-order valence-electron chi connectivity index (χ3n) is 3.68. The van der Waals surface area contributed by atoms with E-state index in [1.165, 1.54) is 12.8 Å². The van der Waals surface area contributed by atoms with Gasteiger partial charge >= 0.3 is 0 Å². The predicted molar refractivity (Wildman–Crippen MR) is 93.3 cm³/mol. The van der Waals surface area contributed by atoms with Crippen LogP contribution in [0.15, 0.2) is 9.52 Å². The zero-order chi connectivity index (χ0) is 14.8. The summed E-state index contributed by atoms with van der Waals surface area (Å²) >= 11 is 0. The molecular formula is C14H24IN5O2. The summed E-state index contributed by atoms with van der Waals surface area (Å²) < 4.78 is 11.2. The van der Waals surface area contributed by atoms with Gasteiger partial charge in [0.1, 0.15) is 6.10 Å². The van der Waals surface area contributed by atoms with Crippen LogP contribution in [0.25, 0.3) is 0 Å². The molecule has 1 aliphatic carbocycles. The molecule has 124 valence electrons. The molecule has 0 amide bonds. The van der Waals surface area contributed by atoms with Gasteiger partial charge in [0.25, 0.3) is 5.89 Å². The predicted octanol–water partition coefficient (Wildman–Crippen LogP) is 2.10. The highest BCUT2D eigenvalue weighted by Gasteiger charge is 2.33. The highest BCUT2D eigenvalue weighted by molar-refractivity contribution is 14.0. The van der Waals surface area contributed by atoms with Gasteiger partial charge in [0, 0.05) is 12.0 Å². The van der Waals surface area contributed by atoms with E-state index in [4.69, 9.17) is 15.0 Å². The number of aromatic nitrogens is 2. The average molecular weight is 421 g/mol. The molecule has 0 unspecified atom stereocenters. The fraction of sp³-hybridized carbons (Fsp3) is 0.786. The monoisotopic (exact) mass is 421 g/mol. The van der Waals surface area contributed by atoms with Gasteiger partial charge in [0.15, 0.2) is 11.8 Å². The van der Waals surface area contributed by atoms with Crippen LogP contribution < -0.4 is 11.1 Å². The second-order valence-corrected chi connectivity index (χ2v) is 6.11. The number of rotatable bonds is 5. The second kappa shape index (κ2) is 7.58. The first-order chi connectivity index (χ1) is 10.1. The number of halogens is 1. The van der Waals surface area contributed by atoms with E-state index in [2.05, 4.69) is 20.4 Å². The molecule has 3 rings (SSSR count). The minimum atomic E-state index is -0.0931. The Hall–Kier alpha value is -0.900. The van der Waals surface area contributed by atoms with Crippen molar-refractivity contribution >= 4 is 29.9 Å². The van der Waals surface area contributed by atoms with Gasteiger partial charge in [-0.15, -0.1) is 24.0 Å². The normalized spacial score (nSPS) is 25.3. The van der Waals surface area contributed by atoms with Gasteiger partial charge in [-0.2, -0.15) is 4.98 Å². The smallest absolute Gasteiger partial charge is 0.255 e. The Balaban J connectivity index is 0.00000176. The molecule has 3 N–H and O–H groups in total. The van der Waals surface area contributed by atoms with Crippen LogP contribution in [0.5, 0.6) is 0 Å². The largest absolute Gasteiger partial charge is 0.370 e.